The average molecular weight is 555 g/mol. The lowest BCUT2D eigenvalue weighted by Crippen LogP contribution is -2.52. The number of benzene rings is 2. The van der Waals surface area contributed by atoms with Crippen LogP contribution in [0.4, 0.5) is 0 Å². The fourth-order valence-corrected chi connectivity index (χ4v) is 9.23. The number of aryl methyl sites for hydroxylation is 1. The lowest BCUT2D eigenvalue weighted by Gasteiger charge is -2.60. The summed E-state index contributed by atoms with van der Waals surface area (Å²) >= 11 is 0. The lowest BCUT2D eigenvalue weighted by molar-refractivity contribution is -0.0768. The zero-order valence-corrected chi connectivity index (χ0v) is 24.0. The van der Waals surface area contributed by atoms with Gasteiger partial charge in [-0.25, -0.2) is 0 Å². The summed E-state index contributed by atoms with van der Waals surface area (Å²) in [6, 6.07) is 14.3. The van der Waals surface area contributed by atoms with Gasteiger partial charge in [-0.1, -0.05) is 32.0 Å². The van der Waals surface area contributed by atoms with Gasteiger partial charge in [0.05, 0.1) is 6.10 Å². The summed E-state index contributed by atoms with van der Waals surface area (Å²) in [7, 11) is -4.08. The van der Waals surface area contributed by atoms with Gasteiger partial charge in [0, 0.05) is 6.54 Å². The molecule has 212 valence electrons. The first-order valence-corrected chi connectivity index (χ1v) is 16.0. The van der Waals surface area contributed by atoms with E-state index in [9.17, 15) is 13.5 Å². The number of ether oxygens (including phenoxy) is 1. The average Bonchev–Trinajstić information content (AvgIpc) is 3.51. The second-order valence-electron chi connectivity index (χ2n) is 12.8. The van der Waals surface area contributed by atoms with Crippen LogP contribution in [0.15, 0.2) is 42.5 Å². The summed E-state index contributed by atoms with van der Waals surface area (Å²) in [5.41, 5.74) is 3.57. The highest BCUT2D eigenvalue weighted by atomic mass is 32.2. The van der Waals surface area contributed by atoms with E-state index < -0.39 is 10.3 Å². The summed E-state index contributed by atoms with van der Waals surface area (Å²) in [5.74, 6) is 2.09. The van der Waals surface area contributed by atoms with Crippen molar-refractivity contribution in [1.29, 1.82) is 0 Å². The Morgan fingerprint density at radius 1 is 1.03 bits per heavy atom. The Morgan fingerprint density at radius 2 is 1.74 bits per heavy atom. The van der Waals surface area contributed by atoms with Gasteiger partial charge >= 0.3 is 10.3 Å². The molecule has 3 fully saturated rings. The Morgan fingerprint density at radius 3 is 2.46 bits per heavy atom. The molecule has 0 amide bonds. The monoisotopic (exact) mass is 554 g/mol. The van der Waals surface area contributed by atoms with Gasteiger partial charge in [-0.15, -0.1) is 0 Å². The largest absolute Gasteiger partial charge is 0.492 e. The van der Waals surface area contributed by atoms with Gasteiger partial charge in [0.15, 0.2) is 0 Å². The number of likely N-dealkylation sites (tertiary alicyclic amines) is 1. The molecule has 1 saturated heterocycles. The number of nitrogens with two attached hydrogens (primary N) is 1. The first-order valence-electron chi connectivity index (χ1n) is 14.5. The molecule has 4 aliphatic rings. The van der Waals surface area contributed by atoms with Gasteiger partial charge in [-0.05, 0) is 128 Å². The highest BCUT2D eigenvalue weighted by Gasteiger charge is 2.62. The number of fused-ring (bicyclic) bond motifs is 5. The summed E-state index contributed by atoms with van der Waals surface area (Å²) in [6.07, 6.45) is 6.94. The number of aliphatic hydroxyl groups excluding tert-OH is 1. The smallest absolute Gasteiger partial charge is 0.380 e. The molecule has 0 radical (unpaired) electrons. The molecule has 0 bridgehead atoms. The number of rotatable bonds is 7. The van der Waals surface area contributed by atoms with Crippen LogP contribution >= 0.6 is 0 Å². The first-order chi connectivity index (χ1) is 18.6. The lowest BCUT2D eigenvalue weighted by atomic mass is 9.44. The van der Waals surface area contributed by atoms with Gasteiger partial charge in [-0.2, -0.15) is 13.6 Å². The standard InChI is InChI=1S/C31H42N2O5S/c1-30-14-13-22-19-24(38-39(32,35)36)9-10-25(22)29(30)26(20-31(2)27(30)11-12-28(31)34)21-5-7-23(8-6-21)37-18-17-33-15-3-4-16-33/h5-10,19,26-29,34H,3-4,11-18,20H2,1-2H3,(H2,32,35,36)/t26-,27+,28+,29+,30+,31+/m1/s1. The van der Waals surface area contributed by atoms with Crippen LogP contribution < -0.4 is 14.1 Å². The minimum absolute atomic E-state index is 0.0232. The molecule has 7 nitrogen and oxygen atoms in total. The molecule has 0 unspecified atom stereocenters. The minimum atomic E-state index is -4.08. The van der Waals surface area contributed by atoms with Crippen LogP contribution in [0.5, 0.6) is 11.5 Å². The third kappa shape index (κ3) is 4.98. The van der Waals surface area contributed by atoms with Crippen molar-refractivity contribution in [2.45, 2.75) is 76.7 Å². The molecule has 2 saturated carbocycles. The molecule has 39 heavy (non-hydrogen) atoms. The predicted octanol–water partition coefficient (Wildman–Crippen LogP) is 4.74. The number of hydrogen-bond donors (Lipinski definition) is 2. The zero-order valence-electron chi connectivity index (χ0n) is 23.1. The molecule has 1 heterocycles. The maximum Gasteiger partial charge on any atom is 0.380 e. The third-order valence-electron chi connectivity index (χ3n) is 10.6. The van der Waals surface area contributed by atoms with E-state index in [4.69, 9.17) is 14.1 Å². The number of hydrogen-bond acceptors (Lipinski definition) is 6. The SMILES string of the molecule is C[C@]12C[C@H](c3ccc(OCCN4CCCC4)cc3)[C@@H]3c4ccc(OS(N)(=O)=O)cc4CC[C@@]3(C)[C@@H]1CC[C@@H]2O. The molecule has 6 atom stereocenters. The molecule has 3 N–H and O–H groups in total. The van der Waals surface area contributed by atoms with Crippen LogP contribution in [0, 0.1) is 16.7 Å². The Balaban J connectivity index is 1.31. The fraction of sp³-hybridized carbons (Fsp3) is 0.613. The molecule has 2 aromatic carbocycles. The normalized spacial score (nSPS) is 34.3. The molecule has 1 aliphatic heterocycles. The van der Waals surface area contributed by atoms with Gasteiger partial charge in [-0.3, -0.25) is 4.90 Å². The van der Waals surface area contributed by atoms with Crippen molar-refractivity contribution in [3.8, 4) is 11.5 Å². The summed E-state index contributed by atoms with van der Waals surface area (Å²) in [5, 5.41) is 16.4. The first kappa shape index (κ1) is 27.1. The van der Waals surface area contributed by atoms with Gasteiger partial charge in [0.2, 0.25) is 0 Å². The van der Waals surface area contributed by atoms with Crippen molar-refractivity contribution in [1.82, 2.24) is 4.90 Å². The highest BCUT2D eigenvalue weighted by Crippen LogP contribution is 2.70. The van der Waals surface area contributed by atoms with E-state index in [-0.39, 0.29) is 34.5 Å². The zero-order chi connectivity index (χ0) is 27.4. The number of nitrogens with zero attached hydrogens (tertiary/aromatic N) is 1. The van der Waals surface area contributed by atoms with E-state index in [2.05, 4.69) is 49.1 Å². The van der Waals surface area contributed by atoms with E-state index in [1.807, 2.05) is 6.07 Å². The molecule has 0 spiro atoms. The van der Waals surface area contributed by atoms with Crippen LogP contribution in [-0.4, -0.2) is 50.8 Å². The minimum Gasteiger partial charge on any atom is -0.492 e. The van der Waals surface area contributed by atoms with E-state index >= 15 is 0 Å². The van der Waals surface area contributed by atoms with E-state index in [0.29, 0.717) is 12.5 Å². The molecule has 6 rings (SSSR count). The fourth-order valence-electron chi connectivity index (χ4n) is 8.86. The highest BCUT2D eigenvalue weighted by molar-refractivity contribution is 7.84. The quantitative estimate of drug-likeness (QED) is 0.513. The van der Waals surface area contributed by atoms with Gasteiger partial charge in [0.1, 0.15) is 18.1 Å². The molecular weight excluding hydrogens is 512 g/mol. The summed E-state index contributed by atoms with van der Waals surface area (Å²) in [6.45, 7) is 8.75. The van der Waals surface area contributed by atoms with Crippen molar-refractivity contribution in [3.05, 3.63) is 59.2 Å². The van der Waals surface area contributed by atoms with Crippen molar-refractivity contribution in [2.75, 3.05) is 26.2 Å². The van der Waals surface area contributed by atoms with Gasteiger partial charge < -0.3 is 14.0 Å². The van der Waals surface area contributed by atoms with Crippen LogP contribution in [0.1, 0.15) is 80.9 Å². The molecule has 0 aromatic heterocycles. The topological polar surface area (TPSA) is 102 Å². The Labute approximate surface area is 232 Å². The number of aliphatic hydroxyl groups is 1. The van der Waals surface area contributed by atoms with Crippen molar-refractivity contribution in [2.24, 2.45) is 21.9 Å². The van der Waals surface area contributed by atoms with Crippen LogP contribution in [-0.2, 0) is 16.7 Å². The summed E-state index contributed by atoms with van der Waals surface area (Å²) in [4.78, 5) is 2.46. The van der Waals surface area contributed by atoms with Crippen molar-refractivity contribution < 1.29 is 22.4 Å². The van der Waals surface area contributed by atoms with E-state index in [1.165, 1.54) is 37.1 Å². The molecule has 3 aliphatic carbocycles. The second-order valence-corrected chi connectivity index (χ2v) is 14.0. The molecular formula is C31H42N2O5S. The molecule has 2 aromatic rings. The van der Waals surface area contributed by atoms with E-state index in [0.717, 1.165) is 50.0 Å². The van der Waals surface area contributed by atoms with Crippen LogP contribution in [0.25, 0.3) is 0 Å². The van der Waals surface area contributed by atoms with Gasteiger partial charge in [0.25, 0.3) is 0 Å². The van der Waals surface area contributed by atoms with Crippen LogP contribution in [0.3, 0.4) is 0 Å². The maximum absolute atomic E-state index is 11.6. The third-order valence-corrected chi connectivity index (χ3v) is 11.1. The molecule has 8 heteroatoms. The maximum atomic E-state index is 11.6. The van der Waals surface area contributed by atoms with Crippen molar-refractivity contribution in [3.63, 3.8) is 0 Å². The van der Waals surface area contributed by atoms with E-state index in [1.54, 1.807) is 6.07 Å². The summed E-state index contributed by atoms with van der Waals surface area (Å²) < 4.78 is 34.2. The predicted molar refractivity (Wildman–Crippen MR) is 151 cm³/mol. The Bertz CT molecular complexity index is 1310. The Hall–Kier alpha value is -2.13. The van der Waals surface area contributed by atoms with Crippen molar-refractivity contribution >= 4 is 10.3 Å². The second kappa shape index (κ2) is 10.1. The van der Waals surface area contributed by atoms with Crippen LogP contribution in [0.2, 0.25) is 0 Å². The Kier molecular flexibility index (Phi) is 6.97.